The molecule has 5 heteroatoms. The molecule has 84 valence electrons. The number of nitrogens with one attached hydrogen (secondary N) is 1. The SMILES string of the molecule is CNCC(O)c1ccc(Cl)c(O)c1OC. The molecule has 4 nitrogen and oxygen atoms in total. The Morgan fingerprint density at radius 2 is 2.20 bits per heavy atom. The number of hydrogen-bond acceptors (Lipinski definition) is 4. The van der Waals surface area contributed by atoms with Gasteiger partial charge in [0.1, 0.15) is 0 Å². The van der Waals surface area contributed by atoms with Gasteiger partial charge in [-0.3, -0.25) is 0 Å². The Balaban J connectivity index is 3.12. The highest BCUT2D eigenvalue weighted by atomic mass is 35.5. The van der Waals surface area contributed by atoms with Gasteiger partial charge in [-0.15, -0.1) is 0 Å². The number of benzene rings is 1. The second kappa shape index (κ2) is 5.21. The smallest absolute Gasteiger partial charge is 0.177 e. The monoisotopic (exact) mass is 231 g/mol. The molecule has 0 aromatic heterocycles. The molecule has 1 aromatic rings. The number of halogens is 1. The van der Waals surface area contributed by atoms with Crippen LogP contribution in [0.25, 0.3) is 0 Å². The van der Waals surface area contributed by atoms with Crippen molar-refractivity contribution in [3.63, 3.8) is 0 Å². The number of methoxy groups -OCH3 is 1. The van der Waals surface area contributed by atoms with E-state index in [1.54, 1.807) is 13.1 Å². The summed E-state index contributed by atoms with van der Waals surface area (Å²) in [5.41, 5.74) is 0.508. The van der Waals surface area contributed by atoms with Gasteiger partial charge in [-0.2, -0.15) is 0 Å². The summed E-state index contributed by atoms with van der Waals surface area (Å²) in [6, 6.07) is 3.15. The Bertz CT molecular complexity index is 344. The fourth-order valence-electron chi connectivity index (χ4n) is 1.34. The van der Waals surface area contributed by atoms with Gasteiger partial charge < -0.3 is 20.3 Å². The van der Waals surface area contributed by atoms with Crippen LogP contribution in [0.4, 0.5) is 0 Å². The summed E-state index contributed by atoms with van der Waals surface area (Å²) in [5, 5.41) is 22.4. The number of aliphatic hydroxyl groups is 1. The quantitative estimate of drug-likeness (QED) is 0.731. The predicted molar refractivity (Wildman–Crippen MR) is 58.6 cm³/mol. The van der Waals surface area contributed by atoms with Crippen LogP contribution in [0.1, 0.15) is 11.7 Å². The molecule has 1 atom stereocenters. The van der Waals surface area contributed by atoms with Crippen molar-refractivity contribution >= 4 is 11.6 Å². The number of phenols is 1. The summed E-state index contributed by atoms with van der Waals surface area (Å²) >= 11 is 5.72. The van der Waals surface area contributed by atoms with Crippen molar-refractivity contribution in [3.8, 4) is 11.5 Å². The normalized spacial score (nSPS) is 12.5. The zero-order valence-electron chi connectivity index (χ0n) is 8.62. The minimum atomic E-state index is -0.742. The van der Waals surface area contributed by atoms with Gasteiger partial charge >= 0.3 is 0 Å². The third-order valence-electron chi connectivity index (χ3n) is 2.07. The van der Waals surface area contributed by atoms with E-state index >= 15 is 0 Å². The average molecular weight is 232 g/mol. The molecular weight excluding hydrogens is 218 g/mol. The highest BCUT2D eigenvalue weighted by molar-refractivity contribution is 6.32. The van der Waals surface area contributed by atoms with E-state index in [1.165, 1.54) is 13.2 Å². The van der Waals surface area contributed by atoms with Crippen LogP contribution in [-0.4, -0.2) is 30.9 Å². The second-order valence-corrected chi connectivity index (χ2v) is 3.50. The maximum absolute atomic E-state index is 9.75. The fourth-order valence-corrected chi connectivity index (χ4v) is 1.49. The highest BCUT2D eigenvalue weighted by Crippen LogP contribution is 2.39. The van der Waals surface area contributed by atoms with Crippen LogP contribution in [0.15, 0.2) is 12.1 Å². The molecule has 3 N–H and O–H groups in total. The van der Waals surface area contributed by atoms with E-state index in [0.717, 1.165) is 0 Å². The molecule has 0 saturated carbocycles. The van der Waals surface area contributed by atoms with Crippen LogP contribution in [0.3, 0.4) is 0 Å². The van der Waals surface area contributed by atoms with Gasteiger partial charge in [-0.25, -0.2) is 0 Å². The molecule has 1 unspecified atom stereocenters. The lowest BCUT2D eigenvalue weighted by molar-refractivity contribution is 0.172. The standard InChI is InChI=1S/C10H14ClNO3/c1-12-5-8(13)6-3-4-7(11)9(14)10(6)15-2/h3-4,8,12-14H,5H2,1-2H3. The maximum Gasteiger partial charge on any atom is 0.177 e. The van der Waals surface area contributed by atoms with E-state index in [4.69, 9.17) is 16.3 Å². The number of aliphatic hydroxyl groups excluding tert-OH is 1. The summed E-state index contributed by atoms with van der Waals surface area (Å²) < 4.78 is 5.00. The van der Waals surface area contributed by atoms with E-state index in [1.807, 2.05) is 0 Å². The van der Waals surface area contributed by atoms with Gasteiger partial charge in [-0.1, -0.05) is 17.7 Å². The van der Waals surface area contributed by atoms with Crippen molar-refractivity contribution in [1.29, 1.82) is 0 Å². The molecule has 0 aliphatic heterocycles. The van der Waals surface area contributed by atoms with E-state index in [9.17, 15) is 10.2 Å². The summed E-state index contributed by atoms with van der Waals surface area (Å²) in [6.07, 6.45) is -0.742. The molecular formula is C10H14ClNO3. The average Bonchev–Trinajstić information content (AvgIpc) is 2.22. The van der Waals surface area contributed by atoms with Crippen LogP contribution >= 0.6 is 11.6 Å². The number of aromatic hydroxyl groups is 1. The summed E-state index contributed by atoms with van der Waals surface area (Å²) in [7, 11) is 3.15. The maximum atomic E-state index is 9.75. The molecule has 1 aromatic carbocycles. The Morgan fingerprint density at radius 1 is 1.53 bits per heavy atom. The van der Waals surface area contributed by atoms with Gasteiger partial charge in [0.2, 0.25) is 0 Å². The highest BCUT2D eigenvalue weighted by Gasteiger charge is 2.17. The topological polar surface area (TPSA) is 61.7 Å². The lowest BCUT2D eigenvalue weighted by Crippen LogP contribution is -2.17. The molecule has 0 spiro atoms. The second-order valence-electron chi connectivity index (χ2n) is 3.09. The Labute approximate surface area is 93.4 Å². The van der Waals surface area contributed by atoms with Crippen molar-refractivity contribution in [2.24, 2.45) is 0 Å². The first kappa shape index (κ1) is 12.1. The molecule has 0 fully saturated rings. The van der Waals surface area contributed by atoms with E-state index in [0.29, 0.717) is 12.1 Å². The van der Waals surface area contributed by atoms with Crippen LogP contribution in [0.2, 0.25) is 5.02 Å². The van der Waals surface area contributed by atoms with Crippen molar-refractivity contribution in [2.75, 3.05) is 20.7 Å². The minimum Gasteiger partial charge on any atom is -0.503 e. The largest absolute Gasteiger partial charge is 0.503 e. The van der Waals surface area contributed by atoms with Crippen LogP contribution in [-0.2, 0) is 0 Å². The summed E-state index contributed by atoms with van der Waals surface area (Å²) in [6.45, 7) is 0.372. The van der Waals surface area contributed by atoms with Crippen molar-refractivity contribution < 1.29 is 14.9 Å². The molecule has 0 aliphatic rings. The first-order valence-corrected chi connectivity index (χ1v) is 4.87. The van der Waals surface area contributed by atoms with Crippen molar-refractivity contribution in [1.82, 2.24) is 5.32 Å². The first-order valence-electron chi connectivity index (χ1n) is 4.49. The van der Waals surface area contributed by atoms with Gasteiger partial charge in [0.05, 0.1) is 18.2 Å². The Kier molecular flexibility index (Phi) is 4.20. The number of likely N-dealkylation sites (N-methyl/N-ethyl adjacent to an activating group) is 1. The molecule has 0 saturated heterocycles. The van der Waals surface area contributed by atoms with Gasteiger partial charge in [0, 0.05) is 12.1 Å². The summed E-state index contributed by atoms with van der Waals surface area (Å²) in [5.74, 6) is 0.0667. The van der Waals surface area contributed by atoms with E-state index in [-0.39, 0.29) is 16.5 Å². The molecule has 0 heterocycles. The van der Waals surface area contributed by atoms with Crippen molar-refractivity contribution in [3.05, 3.63) is 22.7 Å². The van der Waals surface area contributed by atoms with Gasteiger partial charge in [0.25, 0.3) is 0 Å². The Hall–Kier alpha value is -0.970. The molecule has 0 bridgehead atoms. The van der Waals surface area contributed by atoms with E-state index < -0.39 is 6.10 Å². The van der Waals surface area contributed by atoms with Crippen LogP contribution in [0.5, 0.6) is 11.5 Å². The number of ether oxygens (including phenoxy) is 1. The molecule has 15 heavy (non-hydrogen) atoms. The fraction of sp³-hybridized carbons (Fsp3) is 0.400. The number of rotatable bonds is 4. The lowest BCUT2D eigenvalue weighted by atomic mass is 10.1. The van der Waals surface area contributed by atoms with E-state index in [2.05, 4.69) is 5.32 Å². The Morgan fingerprint density at radius 3 is 2.73 bits per heavy atom. The molecule has 1 rings (SSSR count). The number of hydrogen-bond donors (Lipinski definition) is 3. The third kappa shape index (κ3) is 2.53. The summed E-state index contributed by atoms with van der Waals surface area (Å²) in [4.78, 5) is 0. The minimum absolute atomic E-state index is 0.146. The van der Waals surface area contributed by atoms with Gasteiger partial charge in [-0.05, 0) is 13.1 Å². The van der Waals surface area contributed by atoms with Gasteiger partial charge in [0.15, 0.2) is 11.5 Å². The number of phenolic OH excluding ortho intramolecular Hbond substituents is 1. The molecule has 0 radical (unpaired) electrons. The lowest BCUT2D eigenvalue weighted by Gasteiger charge is -2.15. The molecule has 0 aliphatic carbocycles. The predicted octanol–water partition coefficient (Wildman–Crippen LogP) is 1.31. The van der Waals surface area contributed by atoms with Crippen LogP contribution in [0, 0.1) is 0 Å². The third-order valence-corrected chi connectivity index (χ3v) is 2.38. The van der Waals surface area contributed by atoms with Crippen molar-refractivity contribution in [2.45, 2.75) is 6.10 Å². The first-order chi connectivity index (χ1) is 7.11. The zero-order valence-corrected chi connectivity index (χ0v) is 9.38. The molecule has 0 amide bonds. The zero-order chi connectivity index (χ0) is 11.4. The van der Waals surface area contributed by atoms with Crippen LogP contribution < -0.4 is 10.1 Å².